The molecule has 0 radical (unpaired) electrons. The molecule has 0 aromatic heterocycles. The molecular weight excluding hydrogens is 270 g/mol. The fraction of sp³-hybridized carbons (Fsp3) is 0.167. The summed E-state index contributed by atoms with van der Waals surface area (Å²) in [5, 5.41) is 0. The van der Waals surface area contributed by atoms with Crippen LogP contribution in [0.4, 0.5) is 8.78 Å². The average molecular weight is 282 g/mol. The first-order chi connectivity index (χ1) is 10.1. The molecule has 3 heteroatoms. The van der Waals surface area contributed by atoms with E-state index < -0.39 is 11.6 Å². The van der Waals surface area contributed by atoms with Gasteiger partial charge in [0, 0.05) is 23.6 Å². The summed E-state index contributed by atoms with van der Waals surface area (Å²) >= 11 is 0. The Kier molecular flexibility index (Phi) is 3.53. The Labute approximate surface area is 121 Å². The summed E-state index contributed by atoms with van der Waals surface area (Å²) in [4.78, 5) is 11.7. The van der Waals surface area contributed by atoms with Crippen LogP contribution < -0.4 is 0 Å². The van der Waals surface area contributed by atoms with Crippen molar-refractivity contribution in [1.29, 1.82) is 0 Å². The highest BCUT2D eigenvalue weighted by Gasteiger charge is 2.16. The number of fused-ring (bicyclic) bond motifs is 1. The number of halogens is 2. The van der Waals surface area contributed by atoms with Gasteiger partial charge < -0.3 is 0 Å². The minimum absolute atomic E-state index is 0.158. The number of carbonyl (C=O) groups is 1. The molecule has 0 fully saturated rings. The largest absolute Gasteiger partial charge is 0.294 e. The molecule has 0 unspecified atom stereocenters. The van der Waals surface area contributed by atoms with Gasteiger partial charge in [-0.3, -0.25) is 4.79 Å². The van der Waals surface area contributed by atoms with Crippen molar-refractivity contribution < 1.29 is 13.6 Å². The van der Waals surface area contributed by atoms with E-state index in [1.807, 2.05) is 6.07 Å². The molecule has 1 nitrogen and oxygen atoms in total. The minimum atomic E-state index is -0.671. The van der Waals surface area contributed by atoms with Gasteiger partial charge in [0.05, 0.1) is 5.56 Å². The van der Waals surface area contributed by atoms with Crippen LogP contribution in [0.3, 0.4) is 0 Å². The molecular formula is C18H12F2O. The van der Waals surface area contributed by atoms with E-state index in [0.29, 0.717) is 6.42 Å². The summed E-state index contributed by atoms with van der Waals surface area (Å²) in [6.45, 7) is 0. The lowest BCUT2D eigenvalue weighted by Gasteiger charge is -2.14. The summed E-state index contributed by atoms with van der Waals surface area (Å²) in [5.74, 6) is 4.44. The maximum Gasteiger partial charge on any atom is 0.163 e. The van der Waals surface area contributed by atoms with E-state index in [2.05, 4.69) is 11.8 Å². The van der Waals surface area contributed by atoms with E-state index in [0.717, 1.165) is 35.6 Å². The second-order valence-electron chi connectivity index (χ2n) is 5.02. The molecule has 104 valence electrons. The van der Waals surface area contributed by atoms with Crippen LogP contribution in [-0.4, -0.2) is 5.78 Å². The van der Waals surface area contributed by atoms with Crippen LogP contribution in [0.2, 0.25) is 0 Å². The molecule has 21 heavy (non-hydrogen) atoms. The second kappa shape index (κ2) is 5.49. The predicted octanol–water partition coefficient (Wildman–Crippen LogP) is 3.88. The van der Waals surface area contributed by atoms with Crippen molar-refractivity contribution in [3.63, 3.8) is 0 Å². The van der Waals surface area contributed by atoms with Gasteiger partial charge in [0.15, 0.2) is 5.78 Å². The van der Waals surface area contributed by atoms with Crippen molar-refractivity contribution in [1.82, 2.24) is 0 Å². The first kappa shape index (κ1) is 13.5. The third kappa shape index (κ3) is 2.85. The maximum atomic E-state index is 13.5. The maximum absolute atomic E-state index is 13.5. The molecule has 0 saturated carbocycles. The number of aryl methyl sites for hydroxylation is 1. The van der Waals surface area contributed by atoms with Crippen molar-refractivity contribution in [2.45, 2.75) is 19.3 Å². The third-order valence-electron chi connectivity index (χ3n) is 3.53. The molecule has 1 aliphatic rings. The summed E-state index contributed by atoms with van der Waals surface area (Å²) < 4.78 is 26.3. The van der Waals surface area contributed by atoms with E-state index in [1.165, 1.54) is 12.1 Å². The zero-order chi connectivity index (χ0) is 14.8. The van der Waals surface area contributed by atoms with Gasteiger partial charge in [0.25, 0.3) is 0 Å². The van der Waals surface area contributed by atoms with Crippen LogP contribution in [-0.2, 0) is 6.42 Å². The molecule has 0 heterocycles. The fourth-order valence-corrected chi connectivity index (χ4v) is 2.45. The fourth-order valence-electron chi connectivity index (χ4n) is 2.45. The molecule has 1 aliphatic carbocycles. The number of hydrogen-bond donors (Lipinski definition) is 0. The molecule has 0 amide bonds. The lowest BCUT2D eigenvalue weighted by Crippen LogP contribution is -2.10. The van der Waals surface area contributed by atoms with Crippen molar-refractivity contribution in [3.8, 4) is 11.8 Å². The molecule has 2 aromatic rings. The highest BCUT2D eigenvalue weighted by molar-refractivity contribution is 5.98. The molecule has 0 aliphatic heterocycles. The lowest BCUT2D eigenvalue weighted by atomic mass is 9.89. The number of carbonyl (C=O) groups excluding carboxylic acids is 1. The first-order valence-corrected chi connectivity index (χ1v) is 6.77. The molecule has 3 rings (SSSR count). The molecule has 0 saturated heterocycles. The summed E-state index contributed by atoms with van der Waals surface area (Å²) in [6, 6.07) is 8.73. The highest BCUT2D eigenvalue weighted by Crippen LogP contribution is 2.22. The second-order valence-corrected chi connectivity index (χ2v) is 5.02. The smallest absolute Gasteiger partial charge is 0.163 e. The van der Waals surface area contributed by atoms with Crippen LogP contribution in [0.25, 0.3) is 0 Å². The Balaban J connectivity index is 1.93. The van der Waals surface area contributed by atoms with Crippen LogP contribution >= 0.6 is 0 Å². The van der Waals surface area contributed by atoms with E-state index >= 15 is 0 Å². The Morgan fingerprint density at radius 1 is 0.952 bits per heavy atom. The van der Waals surface area contributed by atoms with Crippen LogP contribution in [0.1, 0.15) is 39.9 Å². The molecule has 0 atom stereocenters. The summed E-state index contributed by atoms with van der Waals surface area (Å²) in [6.07, 6.45) is 2.32. The standard InChI is InChI=1S/C18H12F2O/c19-15-8-7-13(17(20)11-15)6-4-12-5-9-16-14(10-12)2-1-3-18(16)21/h5,7-11H,1-3H2. The van der Waals surface area contributed by atoms with E-state index in [-0.39, 0.29) is 11.3 Å². The minimum Gasteiger partial charge on any atom is -0.294 e. The van der Waals surface area contributed by atoms with Crippen molar-refractivity contribution in [3.05, 3.63) is 70.3 Å². The van der Waals surface area contributed by atoms with E-state index in [4.69, 9.17) is 0 Å². The zero-order valence-electron chi connectivity index (χ0n) is 11.2. The Hall–Kier alpha value is -2.47. The van der Waals surface area contributed by atoms with Gasteiger partial charge in [0.1, 0.15) is 11.6 Å². The Bertz CT molecular complexity index is 782. The quantitative estimate of drug-likeness (QED) is 0.670. The summed E-state index contributed by atoms with van der Waals surface area (Å²) in [5.41, 5.74) is 2.65. The van der Waals surface area contributed by atoms with Crippen LogP contribution in [0, 0.1) is 23.5 Å². The number of ketones is 1. The normalized spacial score (nSPS) is 13.3. The number of hydrogen-bond acceptors (Lipinski definition) is 1. The molecule has 0 bridgehead atoms. The number of Topliss-reactive ketones (excluding diaryl/α,β-unsaturated/α-hetero) is 1. The van der Waals surface area contributed by atoms with Gasteiger partial charge in [-0.05, 0) is 48.7 Å². The van der Waals surface area contributed by atoms with Crippen molar-refractivity contribution >= 4 is 5.78 Å². The Morgan fingerprint density at radius 3 is 2.62 bits per heavy atom. The SMILES string of the molecule is O=C1CCCc2cc(C#Cc3ccc(F)cc3F)ccc21. The van der Waals surface area contributed by atoms with E-state index in [1.54, 1.807) is 12.1 Å². The van der Waals surface area contributed by atoms with Crippen molar-refractivity contribution in [2.24, 2.45) is 0 Å². The van der Waals surface area contributed by atoms with Gasteiger partial charge in [-0.25, -0.2) is 8.78 Å². The predicted molar refractivity (Wildman–Crippen MR) is 76.0 cm³/mol. The molecule has 0 N–H and O–H groups in total. The topological polar surface area (TPSA) is 17.1 Å². The van der Waals surface area contributed by atoms with Crippen molar-refractivity contribution in [2.75, 3.05) is 0 Å². The van der Waals surface area contributed by atoms with Gasteiger partial charge in [-0.15, -0.1) is 0 Å². The molecule has 0 spiro atoms. The van der Waals surface area contributed by atoms with Crippen LogP contribution in [0.5, 0.6) is 0 Å². The van der Waals surface area contributed by atoms with Gasteiger partial charge in [0.2, 0.25) is 0 Å². The van der Waals surface area contributed by atoms with E-state index in [9.17, 15) is 13.6 Å². The number of benzene rings is 2. The summed E-state index contributed by atoms with van der Waals surface area (Å²) in [7, 11) is 0. The lowest BCUT2D eigenvalue weighted by molar-refractivity contribution is 0.0972. The van der Waals surface area contributed by atoms with Crippen LogP contribution in [0.15, 0.2) is 36.4 Å². The van der Waals surface area contributed by atoms with Gasteiger partial charge in [-0.2, -0.15) is 0 Å². The monoisotopic (exact) mass is 282 g/mol. The first-order valence-electron chi connectivity index (χ1n) is 6.77. The third-order valence-corrected chi connectivity index (χ3v) is 3.53. The average Bonchev–Trinajstić information content (AvgIpc) is 2.46. The zero-order valence-corrected chi connectivity index (χ0v) is 11.2. The van der Waals surface area contributed by atoms with Gasteiger partial charge in [-0.1, -0.05) is 11.8 Å². The highest BCUT2D eigenvalue weighted by atomic mass is 19.1. The Morgan fingerprint density at radius 2 is 1.81 bits per heavy atom. The number of rotatable bonds is 0. The van der Waals surface area contributed by atoms with Gasteiger partial charge >= 0.3 is 0 Å². The molecule has 2 aromatic carbocycles.